The molecule has 23 heavy (non-hydrogen) atoms. The highest BCUT2D eigenvalue weighted by Crippen LogP contribution is 2.38. The second-order valence-electron chi connectivity index (χ2n) is 6.26. The van der Waals surface area contributed by atoms with Crippen LogP contribution in [-0.4, -0.2) is 30.5 Å². The van der Waals surface area contributed by atoms with Crippen LogP contribution in [0.3, 0.4) is 0 Å². The molecule has 0 spiro atoms. The third kappa shape index (κ3) is 4.43. The molecular weight excluding hydrogens is 299 g/mol. The van der Waals surface area contributed by atoms with Crippen molar-refractivity contribution in [1.29, 1.82) is 0 Å². The maximum atomic E-state index is 13.7. The summed E-state index contributed by atoms with van der Waals surface area (Å²) in [4.78, 5) is 24.0. The van der Waals surface area contributed by atoms with Crippen molar-refractivity contribution >= 4 is 11.8 Å². The number of benzene rings is 1. The molecule has 1 aliphatic carbocycles. The van der Waals surface area contributed by atoms with Gasteiger partial charge in [-0.25, -0.2) is 4.39 Å². The summed E-state index contributed by atoms with van der Waals surface area (Å²) in [5, 5.41) is 14.8. The third-order valence-electron chi connectivity index (χ3n) is 4.55. The summed E-state index contributed by atoms with van der Waals surface area (Å²) in [7, 11) is 1.60. The molecule has 1 saturated carbocycles. The standard InChI is InChI=1S/C17H23FN2O3/c1-19-15(22)10-17(7-3-2-4-8-17)11-20-16(23)13-9-12(21)5-6-14(13)18/h5-6,9,21H,2-4,7-8,10-11H2,1H3,(H,19,22)(H,20,23). The lowest BCUT2D eigenvalue weighted by Gasteiger charge is -2.37. The van der Waals surface area contributed by atoms with Gasteiger partial charge < -0.3 is 15.7 Å². The Morgan fingerprint density at radius 1 is 1.26 bits per heavy atom. The third-order valence-corrected chi connectivity index (χ3v) is 4.55. The largest absolute Gasteiger partial charge is 0.508 e. The molecule has 5 nitrogen and oxygen atoms in total. The Balaban J connectivity index is 2.07. The van der Waals surface area contributed by atoms with Crippen LogP contribution in [0.15, 0.2) is 18.2 Å². The van der Waals surface area contributed by atoms with Gasteiger partial charge in [0.1, 0.15) is 11.6 Å². The molecular formula is C17H23FN2O3. The van der Waals surface area contributed by atoms with Crippen molar-refractivity contribution in [3.8, 4) is 5.75 Å². The number of hydrogen-bond donors (Lipinski definition) is 3. The summed E-state index contributed by atoms with van der Waals surface area (Å²) >= 11 is 0. The molecule has 126 valence electrons. The molecule has 0 aliphatic heterocycles. The lowest BCUT2D eigenvalue weighted by atomic mass is 9.71. The normalized spacial score (nSPS) is 16.6. The fraction of sp³-hybridized carbons (Fsp3) is 0.529. The fourth-order valence-corrected chi connectivity index (χ4v) is 3.20. The minimum Gasteiger partial charge on any atom is -0.508 e. The maximum absolute atomic E-state index is 13.7. The van der Waals surface area contributed by atoms with E-state index in [9.17, 15) is 19.1 Å². The van der Waals surface area contributed by atoms with Crippen LogP contribution in [-0.2, 0) is 4.79 Å². The maximum Gasteiger partial charge on any atom is 0.254 e. The first-order valence-electron chi connectivity index (χ1n) is 7.93. The van der Waals surface area contributed by atoms with Crippen molar-refractivity contribution in [1.82, 2.24) is 10.6 Å². The van der Waals surface area contributed by atoms with E-state index in [0.29, 0.717) is 13.0 Å². The number of carbonyl (C=O) groups is 2. The first-order chi connectivity index (χ1) is 11.0. The number of aromatic hydroxyl groups is 1. The van der Waals surface area contributed by atoms with Crippen molar-refractivity contribution in [2.45, 2.75) is 38.5 Å². The molecule has 0 bridgehead atoms. The number of rotatable bonds is 5. The molecule has 0 saturated heterocycles. The predicted octanol–water partition coefficient (Wildman–Crippen LogP) is 2.35. The Bertz CT molecular complexity index is 583. The molecule has 1 aliphatic rings. The van der Waals surface area contributed by atoms with Crippen LogP contribution >= 0.6 is 0 Å². The first-order valence-corrected chi connectivity index (χ1v) is 7.93. The molecule has 6 heteroatoms. The second-order valence-corrected chi connectivity index (χ2v) is 6.26. The highest BCUT2D eigenvalue weighted by Gasteiger charge is 2.34. The quantitative estimate of drug-likeness (QED) is 0.778. The van der Waals surface area contributed by atoms with E-state index in [1.54, 1.807) is 7.05 Å². The molecule has 2 amide bonds. The lowest BCUT2D eigenvalue weighted by Crippen LogP contribution is -2.42. The van der Waals surface area contributed by atoms with Crippen molar-refractivity contribution in [3.63, 3.8) is 0 Å². The first kappa shape index (κ1) is 17.2. The minimum absolute atomic E-state index is 0.0512. The van der Waals surface area contributed by atoms with Crippen molar-refractivity contribution in [2.75, 3.05) is 13.6 Å². The zero-order valence-electron chi connectivity index (χ0n) is 13.3. The number of hydrogen-bond acceptors (Lipinski definition) is 3. The lowest BCUT2D eigenvalue weighted by molar-refractivity contribution is -0.123. The van der Waals surface area contributed by atoms with E-state index in [1.165, 1.54) is 6.07 Å². The number of amides is 2. The summed E-state index contributed by atoms with van der Waals surface area (Å²) in [5.74, 6) is -1.46. The smallest absolute Gasteiger partial charge is 0.254 e. The highest BCUT2D eigenvalue weighted by molar-refractivity contribution is 5.94. The zero-order chi connectivity index (χ0) is 16.9. The Labute approximate surface area is 135 Å². The molecule has 2 rings (SSSR count). The molecule has 0 heterocycles. The van der Waals surface area contributed by atoms with Gasteiger partial charge in [-0.05, 0) is 36.5 Å². The van der Waals surface area contributed by atoms with Crippen LogP contribution in [0.2, 0.25) is 0 Å². The minimum atomic E-state index is -0.677. The molecule has 0 atom stereocenters. The topological polar surface area (TPSA) is 78.4 Å². The van der Waals surface area contributed by atoms with Crippen LogP contribution in [0.4, 0.5) is 4.39 Å². The molecule has 0 radical (unpaired) electrons. The van der Waals surface area contributed by atoms with E-state index >= 15 is 0 Å². The summed E-state index contributed by atoms with van der Waals surface area (Å²) in [5.41, 5.74) is -0.461. The summed E-state index contributed by atoms with van der Waals surface area (Å²) in [6.07, 6.45) is 5.25. The molecule has 1 aromatic rings. The summed E-state index contributed by atoms with van der Waals surface area (Å²) in [6, 6.07) is 3.36. The van der Waals surface area contributed by atoms with Gasteiger partial charge in [0.05, 0.1) is 5.56 Å². The average molecular weight is 322 g/mol. The van der Waals surface area contributed by atoms with Crippen LogP contribution < -0.4 is 10.6 Å². The number of phenols is 1. The van der Waals surface area contributed by atoms with Gasteiger partial charge in [0.25, 0.3) is 5.91 Å². The molecule has 0 aromatic heterocycles. The molecule has 1 aromatic carbocycles. The van der Waals surface area contributed by atoms with E-state index in [2.05, 4.69) is 10.6 Å². The molecule has 0 unspecified atom stereocenters. The zero-order valence-corrected chi connectivity index (χ0v) is 13.3. The van der Waals surface area contributed by atoms with Gasteiger partial charge in [0.15, 0.2) is 0 Å². The highest BCUT2D eigenvalue weighted by atomic mass is 19.1. The summed E-state index contributed by atoms with van der Waals surface area (Å²) in [6.45, 7) is 0.328. The monoisotopic (exact) mass is 322 g/mol. The van der Waals surface area contributed by atoms with Crippen LogP contribution in [0.1, 0.15) is 48.9 Å². The Morgan fingerprint density at radius 2 is 1.96 bits per heavy atom. The van der Waals surface area contributed by atoms with E-state index in [0.717, 1.165) is 44.2 Å². The Morgan fingerprint density at radius 3 is 2.61 bits per heavy atom. The fourth-order valence-electron chi connectivity index (χ4n) is 3.20. The van der Waals surface area contributed by atoms with Gasteiger partial charge in [-0.1, -0.05) is 19.3 Å². The van der Waals surface area contributed by atoms with Gasteiger partial charge >= 0.3 is 0 Å². The van der Waals surface area contributed by atoms with Crippen LogP contribution in [0.5, 0.6) is 5.75 Å². The van der Waals surface area contributed by atoms with Crippen LogP contribution in [0.25, 0.3) is 0 Å². The van der Waals surface area contributed by atoms with E-state index in [1.807, 2.05) is 0 Å². The van der Waals surface area contributed by atoms with E-state index in [-0.39, 0.29) is 22.6 Å². The Kier molecular flexibility index (Phi) is 5.58. The van der Waals surface area contributed by atoms with Gasteiger partial charge in [0.2, 0.25) is 5.91 Å². The van der Waals surface area contributed by atoms with Gasteiger partial charge in [-0.15, -0.1) is 0 Å². The number of phenolic OH excluding ortho intramolecular Hbond substituents is 1. The van der Waals surface area contributed by atoms with Gasteiger partial charge in [-0.2, -0.15) is 0 Å². The molecule has 3 N–H and O–H groups in total. The number of carbonyl (C=O) groups excluding carboxylic acids is 2. The van der Waals surface area contributed by atoms with Crippen molar-refractivity contribution in [3.05, 3.63) is 29.6 Å². The number of halogens is 1. The van der Waals surface area contributed by atoms with Gasteiger partial charge in [0, 0.05) is 20.0 Å². The van der Waals surface area contributed by atoms with Gasteiger partial charge in [-0.3, -0.25) is 9.59 Å². The second kappa shape index (κ2) is 7.44. The SMILES string of the molecule is CNC(=O)CC1(CNC(=O)c2cc(O)ccc2F)CCCCC1. The average Bonchev–Trinajstić information content (AvgIpc) is 2.55. The van der Waals surface area contributed by atoms with E-state index < -0.39 is 11.7 Å². The van der Waals surface area contributed by atoms with Crippen molar-refractivity contribution in [2.24, 2.45) is 5.41 Å². The van der Waals surface area contributed by atoms with Crippen molar-refractivity contribution < 1.29 is 19.1 Å². The van der Waals surface area contributed by atoms with Crippen LogP contribution in [0, 0.1) is 11.2 Å². The number of nitrogens with one attached hydrogen (secondary N) is 2. The molecule has 1 fully saturated rings. The Hall–Kier alpha value is -2.11. The van der Waals surface area contributed by atoms with E-state index in [4.69, 9.17) is 0 Å². The summed E-state index contributed by atoms with van der Waals surface area (Å²) < 4.78 is 13.7. The predicted molar refractivity (Wildman–Crippen MR) is 84.6 cm³/mol.